The van der Waals surface area contributed by atoms with Gasteiger partial charge < -0.3 is 14.5 Å². The van der Waals surface area contributed by atoms with Crippen molar-refractivity contribution in [1.29, 1.82) is 0 Å². The average Bonchev–Trinajstić information content (AvgIpc) is 2.75. The van der Waals surface area contributed by atoms with E-state index >= 15 is 0 Å². The minimum atomic E-state index is -0.506. The molecule has 0 atom stereocenters. The third-order valence-electron chi connectivity index (χ3n) is 4.77. The van der Waals surface area contributed by atoms with Crippen molar-refractivity contribution in [3.8, 4) is 17.2 Å². The third kappa shape index (κ3) is 4.44. The number of rotatable bonds is 5. The predicted octanol–water partition coefficient (Wildman–Crippen LogP) is 5.14. The van der Waals surface area contributed by atoms with Gasteiger partial charge in [-0.15, -0.1) is 0 Å². The van der Waals surface area contributed by atoms with Crippen LogP contribution in [0.3, 0.4) is 0 Å². The van der Waals surface area contributed by atoms with Crippen LogP contribution >= 0.6 is 11.6 Å². The Morgan fingerprint density at radius 3 is 2.58 bits per heavy atom. The van der Waals surface area contributed by atoms with Crippen molar-refractivity contribution in [2.75, 3.05) is 11.9 Å². The first-order chi connectivity index (χ1) is 14.9. The molecule has 7 heteroatoms. The standard InChI is InChI=1S/C24H19ClN2O4/c1-14-6-5-7-15(2)22(14)30-13-21(28)26-16-10-11-19(25)18(12-16)23-27-20-9-4-3-8-17(20)24(29)31-23/h3-12H,13H2,1-2H3,(H,26,28). The highest BCUT2D eigenvalue weighted by Crippen LogP contribution is 2.30. The van der Waals surface area contributed by atoms with Crippen LogP contribution in [0.1, 0.15) is 11.1 Å². The molecule has 1 aromatic heterocycles. The Hall–Kier alpha value is -3.64. The van der Waals surface area contributed by atoms with Gasteiger partial charge >= 0.3 is 5.63 Å². The molecule has 31 heavy (non-hydrogen) atoms. The Balaban J connectivity index is 1.56. The largest absolute Gasteiger partial charge is 0.483 e. The quantitative estimate of drug-likeness (QED) is 0.470. The SMILES string of the molecule is Cc1cccc(C)c1OCC(=O)Nc1ccc(Cl)c(-c2nc3ccccc3c(=O)o2)c1. The van der Waals surface area contributed by atoms with Gasteiger partial charge in [-0.3, -0.25) is 4.79 Å². The average molecular weight is 435 g/mol. The summed E-state index contributed by atoms with van der Waals surface area (Å²) in [6.45, 7) is 3.71. The number of nitrogens with one attached hydrogen (secondary N) is 1. The summed E-state index contributed by atoms with van der Waals surface area (Å²) in [4.78, 5) is 29.1. The number of para-hydroxylation sites is 2. The molecule has 0 saturated heterocycles. The zero-order valence-corrected chi connectivity index (χ0v) is 17.7. The fourth-order valence-corrected chi connectivity index (χ4v) is 3.46. The first-order valence-electron chi connectivity index (χ1n) is 9.61. The number of ether oxygens (including phenoxy) is 1. The van der Waals surface area contributed by atoms with Crippen LogP contribution in [0.15, 0.2) is 69.9 Å². The first kappa shape index (κ1) is 20.6. The Morgan fingerprint density at radius 1 is 1.06 bits per heavy atom. The summed E-state index contributed by atoms with van der Waals surface area (Å²) in [5.74, 6) is 0.442. The number of carbonyl (C=O) groups is 1. The van der Waals surface area contributed by atoms with Gasteiger partial charge in [-0.05, 0) is 55.3 Å². The van der Waals surface area contributed by atoms with Crippen LogP contribution in [-0.4, -0.2) is 17.5 Å². The number of amides is 1. The first-order valence-corrected chi connectivity index (χ1v) is 9.99. The maximum atomic E-state index is 12.4. The van der Waals surface area contributed by atoms with Crippen LogP contribution in [0.5, 0.6) is 5.75 Å². The zero-order valence-electron chi connectivity index (χ0n) is 16.9. The summed E-state index contributed by atoms with van der Waals surface area (Å²) in [5, 5.41) is 3.50. The topological polar surface area (TPSA) is 81.4 Å². The van der Waals surface area contributed by atoms with E-state index in [4.69, 9.17) is 20.8 Å². The van der Waals surface area contributed by atoms with Crippen molar-refractivity contribution in [2.45, 2.75) is 13.8 Å². The van der Waals surface area contributed by atoms with Crippen LogP contribution in [-0.2, 0) is 4.79 Å². The second kappa shape index (κ2) is 8.62. The van der Waals surface area contributed by atoms with E-state index in [1.54, 1.807) is 42.5 Å². The predicted molar refractivity (Wildman–Crippen MR) is 121 cm³/mol. The highest BCUT2D eigenvalue weighted by atomic mass is 35.5. The molecule has 0 fully saturated rings. The van der Waals surface area contributed by atoms with E-state index in [1.807, 2.05) is 32.0 Å². The van der Waals surface area contributed by atoms with E-state index in [0.29, 0.717) is 32.9 Å². The minimum absolute atomic E-state index is 0.0802. The van der Waals surface area contributed by atoms with Crippen molar-refractivity contribution in [1.82, 2.24) is 4.98 Å². The molecule has 0 aliphatic carbocycles. The minimum Gasteiger partial charge on any atom is -0.483 e. The maximum Gasteiger partial charge on any atom is 0.347 e. The van der Waals surface area contributed by atoms with Gasteiger partial charge in [0.05, 0.1) is 21.5 Å². The van der Waals surface area contributed by atoms with Gasteiger partial charge in [-0.25, -0.2) is 9.78 Å². The van der Waals surface area contributed by atoms with E-state index in [1.165, 1.54) is 0 Å². The lowest BCUT2D eigenvalue weighted by molar-refractivity contribution is -0.118. The molecule has 0 aliphatic heterocycles. The van der Waals surface area contributed by atoms with Crippen LogP contribution in [0, 0.1) is 13.8 Å². The number of anilines is 1. The molecule has 3 aromatic carbocycles. The van der Waals surface area contributed by atoms with Crippen molar-refractivity contribution in [2.24, 2.45) is 0 Å². The van der Waals surface area contributed by atoms with Gasteiger partial charge in [0.25, 0.3) is 5.91 Å². The van der Waals surface area contributed by atoms with Crippen LogP contribution < -0.4 is 15.7 Å². The smallest absolute Gasteiger partial charge is 0.347 e. The number of nitrogens with zero attached hydrogens (tertiary/aromatic N) is 1. The van der Waals surface area contributed by atoms with Gasteiger partial charge in [-0.2, -0.15) is 0 Å². The highest BCUT2D eigenvalue weighted by molar-refractivity contribution is 6.33. The summed E-state index contributed by atoms with van der Waals surface area (Å²) in [7, 11) is 0. The summed E-state index contributed by atoms with van der Waals surface area (Å²) in [5.41, 5.74) is 2.79. The van der Waals surface area contributed by atoms with Gasteiger partial charge in [0.15, 0.2) is 6.61 Å². The number of halogens is 1. The Morgan fingerprint density at radius 2 is 1.81 bits per heavy atom. The number of benzene rings is 3. The second-order valence-corrected chi connectivity index (χ2v) is 7.48. The molecular weight excluding hydrogens is 416 g/mol. The number of aryl methyl sites for hydroxylation is 2. The molecule has 4 rings (SSSR count). The highest BCUT2D eigenvalue weighted by Gasteiger charge is 2.14. The molecule has 0 bridgehead atoms. The molecule has 0 unspecified atom stereocenters. The monoisotopic (exact) mass is 434 g/mol. The maximum absolute atomic E-state index is 12.4. The summed E-state index contributed by atoms with van der Waals surface area (Å²) >= 11 is 6.31. The molecule has 6 nitrogen and oxygen atoms in total. The van der Waals surface area contributed by atoms with Gasteiger partial charge in [0, 0.05) is 5.69 Å². The molecule has 1 amide bonds. The van der Waals surface area contributed by atoms with E-state index < -0.39 is 5.63 Å². The van der Waals surface area contributed by atoms with E-state index in [2.05, 4.69) is 10.3 Å². The Labute approximate surface area is 183 Å². The molecule has 1 heterocycles. The van der Waals surface area contributed by atoms with Crippen molar-refractivity contribution in [3.05, 3.63) is 87.2 Å². The van der Waals surface area contributed by atoms with Crippen LogP contribution in [0.25, 0.3) is 22.4 Å². The second-order valence-electron chi connectivity index (χ2n) is 7.08. The lowest BCUT2D eigenvalue weighted by atomic mass is 10.1. The molecule has 0 radical (unpaired) electrons. The summed E-state index contributed by atoms with van der Waals surface area (Å²) < 4.78 is 11.1. The zero-order chi connectivity index (χ0) is 22.0. The lowest BCUT2D eigenvalue weighted by Crippen LogP contribution is -2.20. The number of hydrogen-bond donors (Lipinski definition) is 1. The molecule has 0 saturated carbocycles. The number of hydrogen-bond acceptors (Lipinski definition) is 5. The van der Waals surface area contributed by atoms with E-state index in [0.717, 1.165) is 11.1 Å². The third-order valence-corrected chi connectivity index (χ3v) is 5.10. The molecule has 0 aliphatic rings. The van der Waals surface area contributed by atoms with Crippen LogP contribution in [0.2, 0.25) is 5.02 Å². The fraction of sp³-hybridized carbons (Fsp3) is 0.125. The number of carbonyl (C=O) groups excluding carboxylic acids is 1. The molecular formula is C24H19ClN2O4. The van der Waals surface area contributed by atoms with E-state index in [-0.39, 0.29) is 18.4 Å². The van der Waals surface area contributed by atoms with Gasteiger partial charge in [-0.1, -0.05) is 41.9 Å². The number of fused-ring (bicyclic) bond motifs is 1. The Kier molecular flexibility index (Phi) is 5.73. The molecule has 156 valence electrons. The van der Waals surface area contributed by atoms with Crippen molar-refractivity contribution in [3.63, 3.8) is 0 Å². The normalized spacial score (nSPS) is 10.8. The van der Waals surface area contributed by atoms with Crippen LogP contribution in [0.4, 0.5) is 5.69 Å². The van der Waals surface area contributed by atoms with Crippen molar-refractivity contribution < 1.29 is 13.9 Å². The molecule has 0 spiro atoms. The summed E-state index contributed by atoms with van der Waals surface area (Å²) in [6, 6.07) is 17.6. The fourth-order valence-electron chi connectivity index (χ4n) is 3.26. The summed E-state index contributed by atoms with van der Waals surface area (Å²) in [6.07, 6.45) is 0. The molecule has 1 N–H and O–H groups in total. The molecule has 4 aromatic rings. The van der Waals surface area contributed by atoms with Gasteiger partial charge in [0.1, 0.15) is 5.75 Å². The van der Waals surface area contributed by atoms with Gasteiger partial charge in [0.2, 0.25) is 5.89 Å². The van der Waals surface area contributed by atoms with E-state index in [9.17, 15) is 9.59 Å². The Bertz CT molecular complexity index is 1330. The number of aromatic nitrogens is 1. The van der Waals surface area contributed by atoms with Crippen molar-refractivity contribution >= 4 is 34.1 Å². The lowest BCUT2D eigenvalue weighted by Gasteiger charge is -2.12.